The lowest BCUT2D eigenvalue weighted by atomic mass is 10.0. The van der Waals surface area contributed by atoms with Crippen LogP contribution in [0.5, 0.6) is 0 Å². The fraction of sp³-hybridized carbons (Fsp3) is 0.333. The Morgan fingerprint density at radius 3 is 2.05 bits per heavy atom. The van der Waals surface area contributed by atoms with Crippen LogP contribution in [-0.2, 0) is 32.6 Å². The van der Waals surface area contributed by atoms with Crippen LogP contribution in [0.4, 0.5) is 10.1 Å². The number of nitrogens with one attached hydrogen (secondary N) is 1. The van der Waals surface area contributed by atoms with Gasteiger partial charge in [-0.1, -0.05) is 85.6 Å². The molecule has 0 aromatic heterocycles. The van der Waals surface area contributed by atoms with E-state index in [0.717, 1.165) is 53.4 Å². The van der Waals surface area contributed by atoms with Gasteiger partial charge in [0.25, 0.3) is 0 Å². The maximum absolute atomic E-state index is 14.7. The Morgan fingerprint density at radius 1 is 0.897 bits per heavy atom. The van der Waals surface area contributed by atoms with Crippen LogP contribution in [0.15, 0.2) is 84.9 Å². The van der Waals surface area contributed by atoms with Gasteiger partial charge in [0.05, 0.1) is 11.9 Å². The summed E-state index contributed by atoms with van der Waals surface area (Å²) in [6, 6.07) is 23.2. The van der Waals surface area contributed by atoms with Crippen LogP contribution in [-0.4, -0.2) is 50.0 Å². The van der Waals surface area contributed by atoms with E-state index in [2.05, 4.69) is 5.32 Å². The number of nitrogens with zero attached hydrogens (tertiary/aromatic N) is 2. The standard InChI is InChI=1S/C30H34FN3O4S/c1-39(37,38)34(27-19-11-10-18-26(27)31)22-29(35)33(21-24-14-6-3-7-15-24)28(20-23-12-4-2-5-13-23)30(36)32-25-16-8-9-17-25/h2-7,10-15,18-19,25,28H,8-9,16-17,20-22H2,1H3,(H,32,36). The first-order chi connectivity index (χ1) is 18.7. The second-order valence-corrected chi connectivity index (χ2v) is 11.8. The average Bonchev–Trinajstić information content (AvgIpc) is 3.43. The molecule has 1 fully saturated rings. The highest BCUT2D eigenvalue weighted by Gasteiger charge is 2.34. The fourth-order valence-electron chi connectivity index (χ4n) is 4.95. The van der Waals surface area contributed by atoms with Crippen molar-refractivity contribution >= 4 is 27.5 Å². The van der Waals surface area contributed by atoms with E-state index < -0.39 is 34.3 Å². The summed E-state index contributed by atoms with van der Waals surface area (Å²) in [4.78, 5) is 29.2. The molecule has 9 heteroatoms. The maximum atomic E-state index is 14.7. The van der Waals surface area contributed by atoms with Gasteiger partial charge in [-0.05, 0) is 36.1 Å². The zero-order valence-corrected chi connectivity index (χ0v) is 22.8. The molecular weight excluding hydrogens is 517 g/mol. The van der Waals surface area contributed by atoms with Crippen LogP contribution in [0.1, 0.15) is 36.8 Å². The minimum Gasteiger partial charge on any atom is -0.352 e. The van der Waals surface area contributed by atoms with Crippen molar-refractivity contribution in [1.29, 1.82) is 0 Å². The summed E-state index contributed by atoms with van der Waals surface area (Å²) in [6.07, 6.45) is 5.01. The number of carbonyl (C=O) groups is 2. The summed E-state index contributed by atoms with van der Waals surface area (Å²) in [7, 11) is -4.02. The van der Waals surface area contributed by atoms with Gasteiger partial charge in [-0.15, -0.1) is 0 Å². The molecule has 1 aliphatic carbocycles. The van der Waals surface area contributed by atoms with Crippen LogP contribution in [0.3, 0.4) is 0 Å². The fourth-order valence-corrected chi connectivity index (χ4v) is 5.80. The van der Waals surface area contributed by atoms with Gasteiger partial charge >= 0.3 is 0 Å². The second-order valence-electron chi connectivity index (χ2n) is 9.92. The van der Waals surface area contributed by atoms with E-state index in [1.807, 2.05) is 60.7 Å². The molecule has 0 heterocycles. The van der Waals surface area contributed by atoms with Crippen molar-refractivity contribution < 1.29 is 22.4 Å². The van der Waals surface area contributed by atoms with Crippen LogP contribution in [0.25, 0.3) is 0 Å². The van der Waals surface area contributed by atoms with Crippen LogP contribution < -0.4 is 9.62 Å². The largest absolute Gasteiger partial charge is 0.352 e. The van der Waals surface area contributed by atoms with Gasteiger partial charge in [0.15, 0.2) is 0 Å². The number of para-hydroxylation sites is 1. The molecule has 0 spiro atoms. The summed E-state index contributed by atoms with van der Waals surface area (Å²) < 4.78 is 40.9. The lowest BCUT2D eigenvalue weighted by Gasteiger charge is -2.34. The van der Waals surface area contributed by atoms with Gasteiger partial charge < -0.3 is 10.2 Å². The first-order valence-electron chi connectivity index (χ1n) is 13.1. The number of hydrogen-bond acceptors (Lipinski definition) is 4. The van der Waals surface area contributed by atoms with E-state index in [0.29, 0.717) is 0 Å². The first kappa shape index (κ1) is 28.3. The average molecular weight is 552 g/mol. The van der Waals surface area contributed by atoms with Gasteiger partial charge in [0, 0.05) is 19.0 Å². The first-order valence-corrected chi connectivity index (χ1v) is 15.0. The monoisotopic (exact) mass is 551 g/mol. The number of hydrogen-bond donors (Lipinski definition) is 1. The highest BCUT2D eigenvalue weighted by Crippen LogP contribution is 2.24. The van der Waals surface area contributed by atoms with Gasteiger partial charge in [0.1, 0.15) is 18.4 Å². The number of amides is 2. The molecular formula is C30H34FN3O4S. The number of carbonyl (C=O) groups excluding carboxylic acids is 2. The molecule has 39 heavy (non-hydrogen) atoms. The van der Waals surface area contributed by atoms with Crippen molar-refractivity contribution in [1.82, 2.24) is 10.2 Å². The van der Waals surface area contributed by atoms with Gasteiger partial charge in [-0.25, -0.2) is 12.8 Å². The summed E-state index contributed by atoms with van der Waals surface area (Å²) >= 11 is 0. The lowest BCUT2D eigenvalue weighted by Crippen LogP contribution is -2.54. The predicted molar refractivity (Wildman–Crippen MR) is 150 cm³/mol. The molecule has 0 saturated heterocycles. The van der Waals surface area contributed by atoms with Crippen molar-refractivity contribution in [2.24, 2.45) is 0 Å². The Labute approximate surface area is 229 Å². The molecule has 4 rings (SSSR count). The minimum atomic E-state index is -4.02. The Hall–Kier alpha value is -3.72. The predicted octanol–water partition coefficient (Wildman–Crippen LogP) is 4.29. The Balaban J connectivity index is 1.71. The minimum absolute atomic E-state index is 0.0374. The van der Waals surface area contributed by atoms with Crippen LogP contribution in [0, 0.1) is 5.82 Å². The molecule has 1 atom stereocenters. The molecule has 0 aliphatic heterocycles. The Kier molecular flexibility index (Phi) is 9.35. The van der Waals surface area contributed by atoms with Crippen LogP contribution in [0.2, 0.25) is 0 Å². The topological polar surface area (TPSA) is 86.8 Å². The summed E-state index contributed by atoms with van der Waals surface area (Å²) in [6.45, 7) is -0.557. The summed E-state index contributed by atoms with van der Waals surface area (Å²) in [5.74, 6) is -1.65. The van der Waals surface area contributed by atoms with E-state index in [1.54, 1.807) is 0 Å². The third-order valence-corrected chi connectivity index (χ3v) is 8.10. The summed E-state index contributed by atoms with van der Waals surface area (Å²) in [5.41, 5.74) is 1.43. The second kappa shape index (κ2) is 12.9. The van der Waals surface area contributed by atoms with E-state index in [1.165, 1.54) is 23.1 Å². The third kappa shape index (κ3) is 7.66. The van der Waals surface area contributed by atoms with Crippen molar-refractivity contribution in [3.05, 3.63) is 102 Å². The molecule has 206 valence electrons. The van der Waals surface area contributed by atoms with Crippen molar-refractivity contribution in [3.63, 3.8) is 0 Å². The quantitative estimate of drug-likeness (QED) is 0.385. The van der Waals surface area contributed by atoms with Gasteiger partial charge in [-0.2, -0.15) is 0 Å². The molecule has 2 amide bonds. The molecule has 7 nitrogen and oxygen atoms in total. The molecule has 0 bridgehead atoms. The highest BCUT2D eigenvalue weighted by molar-refractivity contribution is 7.92. The third-order valence-electron chi connectivity index (χ3n) is 6.97. The molecule has 0 radical (unpaired) electrons. The molecule has 1 unspecified atom stereocenters. The zero-order chi connectivity index (χ0) is 27.8. The van der Waals surface area contributed by atoms with Crippen molar-refractivity contribution in [3.8, 4) is 0 Å². The van der Waals surface area contributed by atoms with E-state index in [-0.39, 0.29) is 30.6 Å². The van der Waals surface area contributed by atoms with Gasteiger partial charge in [-0.3, -0.25) is 13.9 Å². The lowest BCUT2D eigenvalue weighted by molar-refractivity contribution is -0.140. The van der Waals surface area contributed by atoms with Crippen LogP contribution >= 0.6 is 0 Å². The molecule has 1 N–H and O–H groups in total. The highest BCUT2D eigenvalue weighted by atomic mass is 32.2. The van der Waals surface area contributed by atoms with E-state index in [4.69, 9.17) is 0 Å². The Morgan fingerprint density at radius 2 is 1.46 bits per heavy atom. The SMILES string of the molecule is CS(=O)(=O)N(CC(=O)N(Cc1ccccc1)C(Cc1ccccc1)C(=O)NC1CCCC1)c1ccccc1F. The Bertz CT molecular complexity index is 1360. The normalized spacial score (nSPS) is 14.5. The van der Waals surface area contributed by atoms with E-state index >= 15 is 0 Å². The van der Waals surface area contributed by atoms with Gasteiger partial charge in [0.2, 0.25) is 21.8 Å². The van der Waals surface area contributed by atoms with E-state index in [9.17, 15) is 22.4 Å². The number of rotatable bonds is 11. The number of halogens is 1. The number of sulfonamides is 1. The van der Waals surface area contributed by atoms with Crippen molar-refractivity contribution in [2.45, 2.75) is 50.7 Å². The number of benzene rings is 3. The maximum Gasteiger partial charge on any atom is 0.244 e. The number of anilines is 1. The smallest absolute Gasteiger partial charge is 0.244 e. The van der Waals surface area contributed by atoms with Crippen molar-refractivity contribution in [2.75, 3.05) is 17.1 Å². The molecule has 1 saturated carbocycles. The molecule has 1 aliphatic rings. The zero-order valence-electron chi connectivity index (χ0n) is 22.0. The molecule has 3 aromatic rings. The molecule has 3 aromatic carbocycles. The summed E-state index contributed by atoms with van der Waals surface area (Å²) in [5, 5.41) is 3.12.